The van der Waals surface area contributed by atoms with Gasteiger partial charge in [0.1, 0.15) is 0 Å². The molecule has 1 aliphatic rings. The van der Waals surface area contributed by atoms with Crippen molar-refractivity contribution in [2.75, 3.05) is 32.1 Å². The minimum Gasteiger partial charge on any atom is -0.384 e. The van der Waals surface area contributed by atoms with Gasteiger partial charge in [0.15, 0.2) is 5.82 Å². The lowest BCUT2D eigenvalue weighted by Gasteiger charge is -2.35. The number of aryl methyl sites for hydroxylation is 1. The lowest BCUT2D eigenvalue weighted by molar-refractivity contribution is -0.130. The number of aromatic nitrogens is 4. The Morgan fingerprint density at radius 1 is 1.38 bits per heavy atom. The third-order valence-electron chi connectivity index (χ3n) is 4.67. The van der Waals surface area contributed by atoms with Gasteiger partial charge in [-0.05, 0) is 55.4 Å². The highest BCUT2D eigenvalue weighted by atomic mass is 35.5. The normalized spacial score (nSPS) is 15.9. The number of nitrogens with zero attached hydrogens (tertiary/aromatic N) is 4. The van der Waals surface area contributed by atoms with Crippen molar-refractivity contribution in [3.63, 3.8) is 0 Å². The number of rotatable bonds is 6. The van der Waals surface area contributed by atoms with Gasteiger partial charge in [0.25, 0.3) is 0 Å². The van der Waals surface area contributed by atoms with E-state index in [2.05, 4.69) is 26.2 Å². The van der Waals surface area contributed by atoms with E-state index >= 15 is 0 Å². The van der Waals surface area contributed by atoms with Crippen molar-refractivity contribution < 1.29 is 9.53 Å². The Morgan fingerprint density at radius 2 is 2.15 bits per heavy atom. The molecule has 0 aliphatic carbocycles. The highest BCUT2D eigenvalue weighted by Crippen LogP contribution is 2.31. The maximum Gasteiger partial charge on any atom is 0.233 e. The maximum absolute atomic E-state index is 12.9. The first-order chi connectivity index (χ1) is 12.2. The van der Waals surface area contributed by atoms with Gasteiger partial charge in [-0.25, -0.2) is 4.68 Å². The highest BCUT2D eigenvalue weighted by molar-refractivity contribution is 5.96. The summed E-state index contributed by atoms with van der Waals surface area (Å²) in [6.45, 7) is 4.73. The van der Waals surface area contributed by atoms with Gasteiger partial charge in [-0.3, -0.25) is 4.79 Å². The van der Waals surface area contributed by atoms with E-state index in [9.17, 15) is 4.79 Å². The molecule has 142 valence electrons. The number of methoxy groups -OCH3 is 1. The molecule has 1 fully saturated rings. The molecule has 2 heterocycles. The molecule has 0 unspecified atom stereocenters. The number of hydrogen-bond acceptors (Lipinski definition) is 6. The fraction of sp³-hybridized carbons (Fsp3) is 0.529. The average molecular weight is 381 g/mol. The number of halogens is 1. The van der Waals surface area contributed by atoms with Crippen LogP contribution >= 0.6 is 12.4 Å². The van der Waals surface area contributed by atoms with Gasteiger partial charge in [0.2, 0.25) is 5.91 Å². The Hall–Kier alpha value is -2.03. The topological polar surface area (TPSA) is 94.0 Å². The minimum absolute atomic E-state index is 0. The van der Waals surface area contributed by atoms with Gasteiger partial charge in [-0.2, -0.15) is 0 Å². The Bertz CT molecular complexity index is 724. The number of carbonyl (C=O) groups is 1. The van der Waals surface area contributed by atoms with Crippen LogP contribution in [0.15, 0.2) is 24.3 Å². The van der Waals surface area contributed by atoms with Crippen LogP contribution in [0.1, 0.15) is 19.8 Å². The lowest BCUT2D eigenvalue weighted by Crippen LogP contribution is -2.47. The number of anilines is 1. The molecule has 8 nitrogen and oxygen atoms in total. The molecule has 9 heteroatoms. The fourth-order valence-electron chi connectivity index (χ4n) is 3.24. The molecule has 1 saturated heterocycles. The molecule has 2 aromatic rings. The zero-order valence-corrected chi connectivity index (χ0v) is 15.9. The quantitative estimate of drug-likeness (QED) is 0.792. The van der Waals surface area contributed by atoms with Gasteiger partial charge in [-0.15, -0.1) is 17.5 Å². The van der Waals surface area contributed by atoms with Crippen LogP contribution in [0.25, 0.3) is 11.4 Å². The first-order valence-electron chi connectivity index (χ1n) is 8.56. The maximum atomic E-state index is 12.9. The van der Waals surface area contributed by atoms with Gasteiger partial charge < -0.3 is 15.4 Å². The number of benzene rings is 1. The van der Waals surface area contributed by atoms with Crippen molar-refractivity contribution in [1.82, 2.24) is 25.5 Å². The van der Waals surface area contributed by atoms with Crippen LogP contribution in [0.4, 0.5) is 5.69 Å². The van der Waals surface area contributed by atoms with Crippen LogP contribution in [-0.2, 0) is 16.1 Å². The highest BCUT2D eigenvalue weighted by Gasteiger charge is 2.39. The Balaban J connectivity index is 0.00000243. The molecule has 1 aliphatic heterocycles. The second kappa shape index (κ2) is 9.07. The van der Waals surface area contributed by atoms with Gasteiger partial charge in [-0.1, -0.05) is 12.1 Å². The molecule has 0 bridgehead atoms. The summed E-state index contributed by atoms with van der Waals surface area (Å²) in [6, 6.07) is 7.61. The van der Waals surface area contributed by atoms with Crippen LogP contribution < -0.4 is 10.6 Å². The van der Waals surface area contributed by atoms with E-state index in [1.165, 1.54) is 0 Å². The Morgan fingerprint density at radius 3 is 2.85 bits per heavy atom. The van der Waals surface area contributed by atoms with Gasteiger partial charge >= 0.3 is 0 Å². The number of nitrogens with one attached hydrogen (secondary N) is 2. The molecule has 1 amide bonds. The Kier molecular flexibility index (Phi) is 7.07. The summed E-state index contributed by atoms with van der Waals surface area (Å²) >= 11 is 0. The SMILES string of the molecule is CCn1nnnc1-c1cccc(NC(=O)C2(COC)CCNCC2)c1.Cl. The molecule has 3 rings (SSSR count). The standard InChI is InChI=1S/C17H24N6O2.ClH/c1-3-23-15(20-21-22-23)13-5-4-6-14(11-13)19-16(24)17(12-25-2)7-9-18-10-8-17;/h4-6,11,18H,3,7-10,12H2,1-2H3,(H,19,24);1H. The first-order valence-corrected chi connectivity index (χ1v) is 8.56. The predicted molar refractivity (Wildman–Crippen MR) is 101 cm³/mol. The number of piperidine rings is 1. The number of carbonyl (C=O) groups excluding carboxylic acids is 1. The fourth-order valence-corrected chi connectivity index (χ4v) is 3.24. The monoisotopic (exact) mass is 380 g/mol. The van der Waals surface area contributed by atoms with E-state index in [0.717, 1.165) is 37.2 Å². The molecule has 26 heavy (non-hydrogen) atoms. The van der Waals surface area contributed by atoms with Crippen LogP contribution in [0.5, 0.6) is 0 Å². The van der Waals surface area contributed by atoms with Crippen LogP contribution in [0.2, 0.25) is 0 Å². The zero-order valence-electron chi connectivity index (χ0n) is 15.1. The van der Waals surface area contributed by atoms with Crippen molar-refractivity contribution in [3.8, 4) is 11.4 Å². The smallest absolute Gasteiger partial charge is 0.233 e. The molecular formula is C17H25ClN6O2. The molecule has 0 atom stereocenters. The average Bonchev–Trinajstić information content (AvgIpc) is 3.12. The summed E-state index contributed by atoms with van der Waals surface area (Å²) in [5, 5.41) is 18.1. The Labute approximate surface area is 159 Å². The second-order valence-corrected chi connectivity index (χ2v) is 6.32. The van der Waals surface area contributed by atoms with Crippen molar-refractivity contribution in [2.45, 2.75) is 26.3 Å². The molecule has 0 radical (unpaired) electrons. The van der Waals surface area contributed by atoms with Crippen LogP contribution in [0, 0.1) is 5.41 Å². The van der Waals surface area contributed by atoms with Crippen molar-refractivity contribution in [1.29, 1.82) is 0 Å². The number of amides is 1. The van der Waals surface area contributed by atoms with E-state index in [1.807, 2.05) is 31.2 Å². The summed E-state index contributed by atoms with van der Waals surface area (Å²) in [5.41, 5.74) is 1.12. The summed E-state index contributed by atoms with van der Waals surface area (Å²) in [6.07, 6.45) is 1.53. The molecular weight excluding hydrogens is 356 g/mol. The van der Waals surface area contributed by atoms with E-state index < -0.39 is 5.41 Å². The van der Waals surface area contributed by atoms with E-state index in [-0.39, 0.29) is 18.3 Å². The molecule has 1 aromatic carbocycles. The van der Waals surface area contributed by atoms with E-state index in [0.29, 0.717) is 19.0 Å². The summed E-state index contributed by atoms with van der Waals surface area (Å²) in [4.78, 5) is 12.9. The summed E-state index contributed by atoms with van der Waals surface area (Å²) in [5.74, 6) is 0.690. The molecule has 1 aromatic heterocycles. The summed E-state index contributed by atoms with van der Waals surface area (Å²) in [7, 11) is 1.64. The van der Waals surface area contributed by atoms with Gasteiger partial charge in [0.05, 0.1) is 12.0 Å². The molecule has 0 saturated carbocycles. The summed E-state index contributed by atoms with van der Waals surface area (Å²) < 4.78 is 7.06. The van der Waals surface area contributed by atoms with Crippen molar-refractivity contribution in [3.05, 3.63) is 24.3 Å². The van der Waals surface area contributed by atoms with Crippen molar-refractivity contribution in [2.24, 2.45) is 5.41 Å². The first kappa shape index (κ1) is 20.3. The minimum atomic E-state index is -0.485. The second-order valence-electron chi connectivity index (χ2n) is 6.32. The third-order valence-corrected chi connectivity index (χ3v) is 4.67. The number of ether oxygens (including phenoxy) is 1. The number of tetrazole rings is 1. The van der Waals surface area contributed by atoms with Gasteiger partial charge in [0, 0.05) is 24.9 Å². The van der Waals surface area contributed by atoms with Crippen molar-refractivity contribution >= 4 is 24.0 Å². The number of hydrogen-bond donors (Lipinski definition) is 2. The predicted octanol–water partition coefficient (Wildman–Crippen LogP) is 1.74. The van der Waals surface area contributed by atoms with E-state index in [1.54, 1.807) is 11.8 Å². The molecule has 0 spiro atoms. The van der Waals surface area contributed by atoms with Crippen LogP contribution in [-0.4, -0.2) is 52.9 Å². The largest absolute Gasteiger partial charge is 0.384 e. The van der Waals surface area contributed by atoms with Crippen LogP contribution in [0.3, 0.4) is 0 Å². The lowest BCUT2D eigenvalue weighted by atomic mass is 9.78. The van der Waals surface area contributed by atoms with E-state index in [4.69, 9.17) is 4.74 Å². The zero-order chi connectivity index (χ0) is 17.7. The molecule has 2 N–H and O–H groups in total. The third kappa shape index (κ3) is 4.20.